The van der Waals surface area contributed by atoms with Crippen LogP contribution < -0.4 is 0 Å². The molecule has 3 aliphatic rings. The predicted octanol–water partition coefficient (Wildman–Crippen LogP) is -0.203. The van der Waals surface area contributed by atoms with E-state index in [1.165, 1.54) is 0 Å². The maximum atomic E-state index is 12.0. The fourth-order valence-corrected chi connectivity index (χ4v) is 3.21. The Kier molecular flexibility index (Phi) is 2.04. The lowest BCUT2D eigenvalue weighted by Gasteiger charge is -2.59. The van der Waals surface area contributed by atoms with Gasteiger partial charge in [-0.15, -0.1) is 0 Å². The Morgan fingerprint density at radius 3 is 2.60 bits per heavy atom. The van der Waals surface area contributed by atoms with Crippen molar-refractivity contribution in [1.82, 2.24) is 9.80 Å². The van der Waals surface area contributed by atoms with Crippen LogP contribution in [-0.2, 0) is 9.53 Å². The van der Waals surface area contributed by atoms with Gasteiger partial charge in [-0.2, -0.15) is 0 Å². The van der Waals surface area contributed by atoms with Crippen LogP contribution in [0, 0.1) is 11.3 Å². The number of likely N-dealkylation sites (tertiary alicyclic amines) is 2. The van der Waals surface area contributed by atoms with Crippen LogP contribution in [0.15, 0.2) is 0 Å². The highest BCUT2D eigenvalue weighted by Crippen LogP contribution is 2.39. The quantitative estimate of drug-likeness (QED) is 0.601. The fraction of sp³-hybridized carbons (Fsp3) is 0.909. The lowest BCUT2D eigenvalue weighted by molar-refractivity contribution is -0.160. The Labute approximate surface area is 90.2 Å². The fourth-order valence-electron chi connectivity index (χ4n) is 3.21. The van der Waals surface area contributed by atoms with Gasteiger partial charge in [-0.05, 0) is 13.5 Å². The van der Waals surface area contributed by atoms with E-state index in [2.05, 4.69) is 11.9 Å². The molecule has 0 aromatic heterocycles. The standard InChI is InChI=1S/C11H18N2O2/c1-12-5-11(6-12)7-13(8-11)10(14)9-2-3-15-4-9/h9H,2-8H2,1H3. The van der Waals surface area contributed by atoms with Crippen LogP contribution >= 0.6 is 0 Å². The Morgan fingerprint density at radius 2 is 2.07 bits per heavy atom. The summed E-state index contributed by atoms with van der Waals surface area (Å²) < 4.78 is 5.25. The smallest absolute Gasteiger partial charge is 0.228 e. The van der Waals surface area contributed by atoms with Crippen LogP contribution in [0.4, 0.5) is 0 Å². The largest absolute Gasteiger partial charge is 0.381 e. The molecule has 3 heterocycles. The highest BCUT2D eigenvalue weighted by atomic mass is 16.5. The third-order valence-electron chi connectivity index (χ3n) is 3.85. The molecule has 4 heteroatoms. The molecular formula is C11H18N2O2. The second-order valence-corrected chi connectivity index (χ2v) is 5.43. The second-order valence-electron chi connectivity index (χ2n) is 5.43. The summed E-state index contributed by atoms with van der Waals surface area (Å²) in [6.07, 6.45) is 0.919. The first-order valence-electron chi connectivity index (χ1n) is 5.74. The zero-order chi connectivity index (χ0) is 10.5. The predicted molar refractivity (Wildman–Crippen MR) is 55.4 cm³/mol. The van der Waals surface area contributed by atoms with Gasteiger partial charge in [-0.1, -0.05) is 0 Å². The van der Waals surface area contributed by atoms with E-state index in [1.807, 2.05) is 4.90 Å². The number of rotatable bonds is 1. The summed E-state index contributed by atoms with van der Waals surface area (Å²) >= 11 is 0. The topological polar surface area (TPSA) is 32.8 Å². The molecule has 0 N–H and O–H groups in total. The van der Waals surface area contributed by atoms with Gasteiger partial charge in [-0.3, -0.25) is 4.79 Å². The van der Waals surface area contributed by atoms with Gasteiger partial charge in [-0.25, -0.2) is 0 Å². The zero-order valence-corrected chi connectivity index (χ0v) is 9.24. The Bertz CT molecular complexity index is 272. The van der Waals surface area contributed by atoms with Crippen LogP contribution in [0.1, 0.15) is 6.42 Å². The first kappa shape index (κ1) is 9.60. The summed E-state index contributed by atoms with van der Waals surface area (Å²) in [4.78, 5) is 16.3. The van der Waals surface area contributed by atoms with E-state index in [-0.39, 0.29) is 5.92 Å². The summed E-state index contributed by atoms with van der Waals surface area (Å²) in [7, 11) is 2.14. The van der Waals surface area contributed by atoms with Gasteiger partial charge in [0.05, 0.1) is 12.5 Å². The van der Waals surface area contributed by atoms with Crippen molar-refractivity contribution in [2.24, 2.45) is 11.3 Å². The van der Waals surface area contributed by atoms with Crippen molar-refractivity contribution in [3.63, 3.8) is 0 Å². The van der Waals surface area contributed by atoms with E-state index in [0.29, 0.717) is 17.9 Å². The van der Waals surface area contributed by atoms with Crippen molar-refractivity contribution < 1.29 is 9.53 Å². The molecule has 0 aliphatic carbocycles. The van der Waals surface area contributed by atoms with Crippen LogP contribution in [0.2, 0.25) is 0 Å². The minimum absolute atomic E-state index is 0.153. The van der Waals surface area contributed by atoms with Crippen LogP contribution in [0.25, 0.3) is 0 Å². The monoisotopic (exact) mass is 210 g/mol. The van der Waals surface area contributed by atoms with Crippen molar-refractivity contribution in [3.8, 4) is 0 Å². The van der Waals surface area contributed by atoms with Gasteiger partial charge >= 0.3 is 0 Å². The molecule has 0 bridgehead atoms. The number of nitrogens with zero attached hydrogens (tertiary/aromatic N) is 2. The molecule has 3 rings (SSSR count). The molecular weight excluding hydrogens is 192 g/mol. The van der Waals surface area contributed by atoms with E-state index < -0.39 is 0 Å². The molecule has 0 saturated carbocycles. The van der Waals surface area contributed by atoms with E-state index >= 15 is 0 Å². The van der Waals surface area contributed by atoms with Gasteiger partial charge in [0.1, 0.15) is 0 Å². The Balaban J connectivity index is 1.52. The summed E-state index contributed by atoms with van der Waals surface area (Å²) in [5.74, 6) is 0.479. The summed E-state index contributed by atoms with van der Waals surface area (Å²) in [5.41, 5.74) is 0.462. The third-order valence-corrected chi connectivity index (χ3v) is 3.85. The van der Waals surface area contributed by atoms with Gasteiger partial charge in [0.2, 0.25) is 5.91 Å². The number of hydrogen-bond acceptors (Lipinski definition) is 3. The zero-order valence-electron chi connectivity index (χ0n) is 9.24. The van der Waals surface area contributed by atoms with E-state index in [9.17, 15) is 4.79 Å². The maximum absolute atomic E-state index is 12.0. The number of amides is 1. The molecule has 1 atom stereocenters. The van der Waals surface area contributed by atoms with Crippen molar-refractivity contribution in [1.29, 1.82) is 0 Å². The van der Waals surface area contributed by atoms with E-state index in [4.69, 9.17) is 4.74 Å². The molecule has 0 aromatic rings. The average molecular weight is 210 g/mol. The molecule has 0 aromatic carbocycles. The third kappa shape index (κ3) is 1.47. The minimum atomic E-state index is 0.153. The van der Waals surface area contributed by atoms with Crippen molar-refractivity contribution in [2.75, 3.05) is 46.4 Å². The average Bonchev–Trinajstić information content (AvgIpc) is 2.60. The molecule has 1 spiro atoms. The SMILES string of the molecule is CN1CC2(C1)CN(C(=O)C1CCOC1)C2. The van der Waals surface area contributed by atoms with Gasteiger partial charge < -0.3 is 14.5 Å². The van der Waals surface area contributed by atoms with Crippen LogP contribution in [0.5, 0.6) is 0 Å². The Hall–Kier alpha value is -0.610. The van der Waals surface area contributed by atoms with E-state index in [0.717, 1.165) is 39.2 Å². The van der Waals surface area contributed by atoms with Crippen LogP contribution in [0.3, 0.4) is 0 Å². The maximum Gasteiger partial charge on any atom is 0.228 e. The highest BCUT2D eigenvalue weighted by molar-refractivity contribution is 5.80. The molecule has 84 valence electrons. The first-order valence-corrected chi connectivity index (χ1v) is 5.74. The Morgan fingerprint density at radius 1 is 1.33 bits per heavy atom. The molecule has 4 nitrogen and oxygen atoms in total. The minimum Gasteiger partial charge on any atom is -0.381 e. The first-order chi connectivity index (χ1) is 7.19. The van der Waals surface area contributed by atoms with Crippen molar-refractivity contribution >= 4 is 5.91 Å². The van der Waals surface area contributed by atoms with Crippen molar-refractivity contribution in [2.45, 2.75) is 6.42 Å². The summed E-state index contributed by atoms with van der Waals surface area (Å²) in [6, 6.07) is 0. The molecule has 1 amide bonds. The number of carbonyl (C=O) groups excluding carboxylic acids is 1. The highest BCUT2D eigenvalue weighted by Gasteiger charge is 2.52. The molecule has 1 unspecified atom stereocenters. The van der Waals surface area contributed by atoms with Gasteiger partial charge in [0.25, 0.3) is 0 Å². The molecule has 3 aliphatic heterocycles. The molecule has 0 radical (unpaired) electrons. The molecule has 15 heavy (non-hydrogen) atoms. The molecule has 3 fully saturated rings. The van der Waals surface area contributed by atoms with Gasteiger partial charge in [0, 0.05) is 38.2 Å². The molecule has 3 saturated heterocycles. The lowest BCUT2D eigenvalue weighted by atomic mass is 9.73. The lowest BCUT2D eigenvalue weighted by Crippen LogP contribution is -2.72. The normalized spacial score (nSPS) is 33.9. The number of ether oxygens (including phenoxy) is 1. The number of carbonyl (C=O) groups is 1. The van der Waals surface area contributed by atoms with E-state index in [1.54, 1.807) is 0 Å². The van der Waals surface area contributed by atoms with Gasteiger partial charge in [0.15, 0.2) is 0 Å². The van der Waals surface area contributed by atoms with Crippen molar-refractivity contribution in [3.05, 3.63) is 0 Å². The summed E-state index contributed by atoms with van der Waals surface area (Å²) in [5, 5.41) is 0. The van der Waals surface area contributed by atoms with Crippen LogP contribution in [-0.4, -0.2) is 62.1 Å². The number of hydrogen-bond donors (Lipinski definition) is 0. The summed E-state index contributed by atoms with van der Waals surface area (Å²) in [6.45, 7) is 5.69. The second kappa shape index (κ2) is 3.19.